The lowest BCUT2D eigenvalue weighted by atomic mass is 10.1. The van der Waals surface area contributed by atoms with Crippen molar-refractivity contribution in [3.8, 4) is 0 Å². The predicted molar refractivity (Wildman–Crippen MR) is 101 cm³/mol. The van der Waals surface area contributed by atoms with E-state index in [1.807, 2.05) is 4.98 Å². The van der Waals surface area contributed by atoms with Crippen LogP contribution in [0.5, 0.6) is 0 Å². The number of hydrogen-bond donors (Lipinski definition) is 3. The highest BCUT2D eigenvalue weighted by Crippen LogP contribution is 2.29. The Kier molecular flexibility index (Phi) is 5.96. The summed E-state index contributed by atoms with van der Waals surface area (Å²) in [6.07, 6.45) is -4.22. The summed E-state index contributed by atoms with van der Waals surface area (Å²) >= 11 is 0. The third-order valence-electron chi connectivity index (χ3n) is 3.68. The second-order valence-corrected chi connectivity index (χ2v) is 9.10. The number of hydrogen-bond acceptors (Lipinski definition) is 4. The van der Waals surface area contributed by atoms with Crippen molar-refractivity contribution in [3.05, 3.63) is 57.5 Å². The van der Waals surface area contributed by atoms with Gasteiger partial charge in [-0.3, -0.25) is 9.59 Å². The first kappa shape index (κ1) is 22.6. The molecule has 0 bridgehead atoms. The zero-order chi connectivity index (χ0) is 22.2. The van der Waals surface area contributed by atoms with Crippen molar-refractivity contribution in [2.75, 3.05) is 5.32 Å². The van der Waals surface area contributed by atoms with Crippen LogP contribution in [-0.2, 0) is 16.2 Å². The quantitative estimate of drug-likeness (QED) is 0.692. The fourth-order valence-electron chi connectivity index (χ4n) is 2.40. The summed E-state index contributed by atoms with van der Waals surface area (Å²) in [5, 5.41) is 2.11. The van der Waals surface area contributed by atoms with Gasteiger partial charge in [-0.1, -0.05) is 6.07 Å². The van der Waals surface area contributed by atoms with E-state index in [1.54, 1.807) is 20.8 Å². The van der Waals surface area contributed by atoms with Gasteiger partial charge in [0.2, 0.25) is 10.0 Å². The van der Waals surface area contributed by atoms with Crippen molar-refractivity contribution in [2.24, 2.45) is 0 Å². The molecule has 29 heavy (non-hydrogen) atoms. The molecule has 0 aliphatic carbocycles. The Morgan fingerprint density at radius 3 is 2.28 bits per heavy atom. The zero-order valence-corrected chi connectivity index (χ0v) is 16.9. The summed E-state index contributed by atoms with van der Waals surface area (Å²) in [7, 11) is -3.94. The normalized spacial score (nSPS) is 12.7. The highest BCUT2D eigenvalue weighted by Gasteiger charge is 2.31. The van der Waals surface area contributed by atoms with Gasteiger partial charge in [0.15, 0.2) is 0 Å². The summed E-state index contributed by atoms with van der Waals surface area (Å²) in [5.41, 5.74) is -3.17. The third-order valence-corrected chi connectivity index (χ3v) is 5.44. The first-order chi connectivity index (χ1) is 13.1. The van der Waals surface area contributed by atoms with Crippen LogP contribution < -0.4 is 15.6 Å². The molecule has 3 N–H and O–H groups in total. The van der Waals surface area contributed by atoms with Crippen molar-refractivity contribution < 1.29 is 26.4 Å². The molecule has 0 atom stereocenters. The van der Waals surface area contributed by atoms with Crippen LogP contribution in [0.4, 0.5) is 18.9 Å². The minimum Gasteiger partial charge on any atom is -0.327 e. The Bertz CT molecular complexity index is 1100. The van der Waals surface area contributed by atoms with Crippen molar-refractivity contribution >= 4 is 21.6 Å². The lowest BCUT2D eigenvalue weighted by Gasteiger charge is -2.20. The number of pyridine rings is 1. The molecule has 0 radical (unpaired) electrons. The molecule has 1 aromatic heterocycles. The maximum absolute atomic E-state index is 12.8. The van der Waals surface area contributed by atoms with E-state index in [0.29, 0.717) is 17.8 Å². The number of amides is 1. The number of aryl methyl sites for hydroxylation is 1. The number of aromatic nitrogens is 1. The predicted octanol–water partition coefficient (Wildman–Crippen LogP) is 3.03. The second kappa shape index (κ2) is 7.64. The molecule has 0 aliphatic rings. The number of nitrogens with one attached hydrogen (secondary N) is 3. The highest BCUT2D eigenvalue weighted by atomic mass is 32.2. The topological polar surface area (TPSA) is 108 Å². The number of carbonyl (C=O) groups excluding carboxylic acids is 1. The Hall–Kier alpha value is -2.66. The highest BCUT2D eigenvalue weighted by molar-refractivity contribution is 7.89. The van der Waals surface area contributed by atoms with Gasteiger partial charge < -0.3 is 10.3 Å². The molecule has 2 rings (SSSR count). The van der Waals surface area contributed by atoms with Crippen LogP contribution in [0, 0.1) is 6.92 Å². The van der Waals surface area contributed by atoms with Crippen LogP contribution in [0.15, 0.2) is 40.2 Å². The number of halogens is 3. The summed E-state index contributed by atoms with van der Waals surface area (Å²) < 4.78 is 65.9. The standard InChI is InChI=1S/C18H20F3N3O4S/c1-10-5-6-12(29(27,28)24-17(2,3)4)8-13(10)15(25)23-14-7-11(18(19,20)21)9-22-16(14)26/h5-9,24H,1-4H3,(H,22,26)(H,23,25). The number of carbonyl (C=O) groups is 1. The van der Waals surface area contributed by atoms with Gasteiger partial charge in [0, 0.05) is 17.3 Å². The molecular formula is C18H20F3N3O4S. The smallest absolute Gasteiger partial charge is 0.327 e. The summed E-state index contributed by atoms with van der Waals surface area (Å²) in [4.78, 5) is 26.1. The summed E-state index contributed by atoms with van der Waals surface area (Å²) in [6.45, 7) is 6.46. The Balaban J connectivity index is 2.41. The van der Waals surface area contributed by atoms with Crippen molar-refractivity contribution in [3.63, 3.8) is 0 Å². The van der Waals surface area contributed by atoms with E-state index in [0.717, 1.165) is 6.07 Å². The van der Waals surface area contributed by atoms with Gasteiger partial charge in [0.05, 0.1) is 10.5 Å². The Morgan fingerprint density at radius 1 is 1.10 bits per heavy atom. The second-order valence-electron chi connectivity index (χ2n) is 7.42. The molecule has 1 amide bonds. The van der Waals surface area contributed by atoms with E-state index in [-0.39, 0.29) is 10.5 Å². The Morgan fingerprint density at radius 2 is 1.72 bits per heavy atom. The molecule has 0 aliphatic heterocycles. The molecule has 0 saturated heterocycles. The van der Waals surface area contributed by atoms with Gasteiger partial charge in [0.1, 0.15) is 5.69 Å². The SMILES string of the molecule is Cc1ccc(S(=O)(=O)NC(C)(C)C)cc1C(=O)Nc1cc(C(F)(F)F)c[nH]c1=O. The number of anilines is 1. The van der Waals surface area contributed by atoms with Gasteiger partial charge in [-0.15, -0.1) is 0 Å². The molecule has 11 heteroatoms. The van der Waals surface area contributed by atoms with Gasteiger partial charge in [-0.2, -0.15) is 13.2 Å². The average molecular weight is 431 g/mol. The van der Waals surface area contributed by atoms with Crippen molar-refractivity contribution in [1.82, 2.24) is 9.71 Å². The maximum Gasteiger partial charge on any atom is 0.417 e. The van der Waals surface area contributed by atoms with E-state index in [2.05, 4.69) is 10.0 Å². The van der Waals surface area contributed by atoms with Crippen molar-refractivity contribution in [2.45, 2.75) is 44.3 Å². The van der Waals surface area contributed by atoms with Crippen LogP contribution in [0.1, 0.15) is 42.3 Å². The van der Waals surface area contributed by atoms with Crippen LogP contribution in [0.3, 0.4) is 0 Å². The molecule has 1 heterocycles. The van der Waals surface area contributed by atoms with E-state index in [4.69, 9.17) is 0 Å². The van der Waals surface area contributed by atoms with Crippen LogP contribution in [0.2, 0.25) is 0 Å². The van der Waals surface area contributed by atoms with Crippen LogP contribution in [-0.4, -0.2) is 24.8 Å². The fraction of sp³-hybridized carbons (Fsp3) is 0.333. The zero-order valence-electron chi connectivity index (χ0n) is 16.1. The lowest BCUT2D eigenvalue weighted by Crippen LogP contribution is -2.40. The minimum absolute atomic E-state index is 0.0985. The number of alkyl halides is 3. The molecule has 158 valence electrons. The van der Waals surface area contributed by atoms with E-state index in [1.165, 1.54) is 19.1 Å². The molecule has 0 spiro atoms. The molecule has 0 saturated carbocycles. The first-order valence-electron chi connectivity index (χ1n) is 8.36. The number of aromatic amines is 1. The van der Waals surface area contributed by atoms with Crippen LogP contribution in [0.25, 0.3) is 0 Å². The van der Waals surface area contributed by atoms with Gasteiger partial charge >= 0.3 is 6.18 Å². The van der Waals surface area contributed by atoms with Gasteiger partial charge in [-0.05, 0) is 51.5 Å². The van der Waals surface area contributed by atoms with E-state index >= 15 is 0 Å². The third kappa shape index (κ3) is 5.67. The number of H-pyrrole nitrogens is 1. The molecule has 0 unspecified atom stereocenters. The number of benzene rings is 1. The average Bonchev–Trinajstić information content (AvgIpc) is 2.53. The van der Waals surface area contributed by atoms with Gasteiger partial charge in [0.25, 0.3) is 11.5 Å². The molecular weight excluding hydrogens is 411 g/mol. The van der Waals surface area contributed by atoms with E-state index in [9.17, 15) is 31.2 Å². The molecule has 7 nitrogen and oxygen atoms in total. The summed E-state index contributed by atoms with van der Waals surface area (Å²) in [6, 6.07) is 4.30. The summed E-state index contributed by atoms with van der Waals surface area (Å²) in [5.74, 6) is -0.917. The van der Waals surface area contributed by atoms with Crippen molar-refractivity contribution in [1.29, 1.82) is 0 Å². The minimum atomic E-state index is -4.72. The van der Waals surface area contributed by atoms with E-state index < -0.39 is 44.5 Å². The monoisotopic (exact) mass is 431 g/mol. The lowest BCUT2D eigenvalue weighted by molar-refractivity contribution is -0.137. The molecule has 0 fully saturated rings. The first-order valence-corrected chi connectivity index (χ1v) is 9.84. The molecule has 2 aromatic rings. The van der Waals surface area contributed by atoms with Crippen LogP contribution >= 0.6 is 0 Å². The fourth-order valence-corrected chi connectivity index (χ4v) is 3.85. The van der Waals surface area contributed by atoms with Gasteiger partial charge in [-0.25, -0.2) is 13.1 Å². The maximum atomic E-state index is 12.8. The largest absolute Gasteiger partial charge is 0.417 e. The number of sulfonamides is 1. The molecule has 1 aromatic carbocycles. The Labute approximate surface area is 165 Å². The number of rotatable bonds is 4.